The highest BCUT2D eigenvalue weighted by Gasteiger charge is 2.27. The average Bonchev–Trinajstić information content (AvgIpc) is 2.60. The molecular weight excluding hydrogens is 265 g/mol. The monoisotopic (exact) mass is 279 g/mol. The van der Waals surface area contributed by atoms with Crippen molar-refractivity contribution >= 4 is 39.9 Å². The highest BCUT2D eigenvalue weighted by molar-refractivity contribution is 6.77. The van der Waals surface area contributed by atoms with Crippen LogP contribution in [0.2, 0.25) is 0 Å². The van der Waals surface area contributed by atoms with Crippen LogP contribution in [0.1, 0.15) is 5.56 Å². The molecule has 0 fully saturated rings. The summed E-state index contributed by atoms with van der Waals surface area (Å²) in [6, 6.07) is 17.6. The Balaban J connectivity index is 1.91. The van der Waals surface area contributed by atoms with E-state index in [0.29, 0.717) is 6.85 Å². The largest absolute Gasteiger partial charge is 0.389 e. The predicted molar refractivity (Wildman–Crippen MR) is 96.0 cm³/mol. The molecule has 0 spiro atoms. The minimum atomic E-state index is 0.313. The van der Waals surface area contributed by atoms with E-state index in [4.69, 9.17) is 0 Å². The Morgan fingerprint density at radius 2 is 1.64 bits per heavy atom. The fraction of sp³-hybridized carbons (Fsp3) is 0. The lowest BCUT2D eigenvalue weighted by molar-refractivity contribution is 0.797. The zero-order valence-corrected chi connectivity index (χ0v) is 12.1. The van der Waals surface area contributed by atoms with E-state index in [9.17, 15) is 0 Å². The van der Waals surface area contributed by atoms with Crippen molar-refractivity contribution in [3.8, 4) is 0 Å². The fourth-order valence-corrected chi connectivity index (χ4v) is 3.66. The van der Waals surface area contributed by atoms with Gasteiger partial charge in [-0.2, -0.15) is 0 Å². The van der Waals surface area contributed by atoms with Gasteiger partial charge in [-0.25, -0.2) is 0 Å². The SMILES string of the molecule is C1=CB2c3ccc4ccc5ccccc5c4c3C=CN2C=C1. The molecule has 0 atom stereocenters. The molecule has 0 bridgehead atoms. The van der Waals surface area contributed by atoms with Crippen LogP contribution in [0.15, 0.2) is 79.1 Å². The molecule has 5 rings (SSSR count). The number of hydrogen-bond acceptors (Lipinski definition) is 1. The van der Waals surface area contributed by atoms with Crippen LogP contribution >= 0.6 is 0 Å². The maximum absolute atomic E-state index is 2.27. The Morgan fingerprint density at radius 3 is 2.64 bits per heavy atom. The number of nitrogens with zero attached hydrogens (tertiary/aromatic N) is 1. The molecule has 0 aromatic heterocycles. The summed E-state index contributed by atoms with van der Waals surface area (Å²) in [6.45, 7) is 0.313. The molecule has 0 N–H and O–H groups in total. The minimum absolute atomic E-state index is 0.313. The number of benzene rings is 3. The van der Waals surface area contributed by atoms with Crippen molar-refractivity contribution in [1.29, 1.82) is 0 Å². The van der Waals surface area contributed by atoms with Crippen molar-refractivity contribution < 1.29 is 0 Å². The second-order valence-electron chi connectivity index (χ2n) is 5.89. The van der Waals surface area contributed by atoms with Crippen molar-refractivity contribution in [2.75, 3.05) is 0 Å². The van der Waals surface area contributed by atoms with Gasteiger partial charge in [0.15, 0.2) is 0 Å². The van der Waals surface area contributed by atoms with Crippen LogP contribution in [0, 0.1) is 0 Å². The zero-order chi connectivity index (χ0) is 14.5. The summed E-state index contributed by atoms with van der Waals surface area (Å²) in [5.74, 6) is 2.26. The van der Waals surface area contributed by atoms with E-state index < -0.39 is 0 Å². The first-order valence-electron chi connectivity index (χ1n) is 7.67. The third-order valence-corrected chi connectivity index (χ3v) is 4.70. The molecule has 3 aromatic rings. The molecule has 2 aliphatic heterocycles. The van der Waals surface area contributed by atoms with Gasteiger partial charge in [0.05, 0.1) is 0 Å². The third-order valence-electron chi connectivity index (χ3n) is 4.70. The van der Waals surface area contributed by atoms with E-state index in [0.717, 1.165) is 0 Å². The highest BCUT2D eigenvalue weighted by atomic mass is 15.0. The summed E-state index contributed by atoms with van der Waals surface area (Å²) < 4.78 is 0. The lowest BCUT2D eigenvalue weighted by Gasteiger charge is -2.30. The van der Waals surface area contributed by atoms with Crippen LogP contribution in [0.4, 0.5) is 0 Å². The normalized spacial score (nSPS) is 15.5. The first-order valence-corrected chi connectivity index (χ1v) is 7.67. The number of allylic oxidation sites excluding steroid dienone is 2. The minimum Gasteiger partial charge on any atom is -0.389 e. The second kappa shape index (κ2) is 4.38. The predicted octanol–water partition coefficient (Wildman–Crippen LogP) is 4.10. The molecule has 2 heteroatoms. The van der Waals surface area contributed by atoms with Gasteiger partial charge in [0, 0.05) is 0 Å². The van der Waals surface area contributed by atoms with Crippen molar-refractivity contribution in [3.63, 3.8) is 0 Å². The van der Waals surface area contributed by atoms with Crippen molar-refractivity contribution in [2.24, 2.45) is 0 Å². The van der Waals surface area contributed by atoms with Gasteiger partial charge < -0.3 is 4.81 Å². The number of hydrogen-bond donors (Lipinski definition) is 0. The smallest absolute Gasteiger partial charge is 0.320 e. The Labute approximate surface area is 130 Å². The van der Waals surface area contributed by atoms with E-state index in [1.54, 1.807) is 0 Å². The third kappa shape index (κ3) is 1.55. The molecule has 1 nitrogen and oxygen atoms in total. The summed E-state index contributed by atoms with van der Waals surface area (Å²) >= 11 is 0. The van der Waals surface area contributed by atoms with E-state index in [1.807, 2.05) is 0 Å². The van der Waals surface area contributed by atoms with Gasteiger partial charge in [-0.1, -0.05) is 60.6 Å². The Bertz CT molecular complexity index is 997. The van der Waals surface area contributed by atoms with Gasteiger partial charge in [-0.3, -0.25) is 0 Å². The quantitative estimate of drug-likeness (QED) is 0.442. The van der Waals surface area contributed by atoms with Gasteiger partial charge >= 0.3 is 6.85 Å². The molecule has 2 heterocycles. The molecule has 0 radical (unpaired) electrons. The van der Waals surface area contributed by atoms with Crippen LogP contribution in [0.3, 0.4) is 0 Å². The lowest BCUT2D eigenvalue weighted by Crippen LogP contribution is -2.45. The average molecular weight is 279 g/mol. The second-order valence-corrected chi connectivity index (χ2v) is 5.89. The molecule has 0 saturated carbocycles. The van der Waals surface area contributed by atoms with Crippen molar-refractivity contribution in [2.45, 2.75) is 0 Å². The molecule has 22 heavy (non-hydrogen) atoms. The van der Waals surface area contributed by atoms with Gasteiger partial charge in [0.2, 0.25) is 0 Å². The molecule has 102 valence electrons. The highest BCUT2D eigenvalue weighted by Crippen LogP contribution is 2.30. The Hall–Kier alpha value is -2.74. The Kier molecular flexibility index (Phi) is 2.36. The van der Waals surface area contributed by atoms with Crippen LogP contribution in [-0.2, 0) is 0 Å². The topological polar surface area (TPSA) is 3.24 Å². The van der Waals surface area contributed by atoms with Crippen molar-refractivity contribution in [3.05, 3.63) is 84.6 Å². The molecule has 2 aliphatic rings. The maximum atomic E-state index is 2.27. The summed E-state index contributed by atoms with van der Waals surface area (Å²) in [7, 11) is 0. The number of fused-ring (bicyclic) bond motifs is 7. The zero-order valence-electron chi connectivity index (χ0n) is 12.1. The van der Waals surface area contributed by atoms with Crippen molar-refractivity contribution in [1.82, 2.24) is 4.81 Å². The van der Waals surface area contributed by atoms with Gasteiger partial charge in [0.25, 0.3) is 0 Å². The van der Waals surface area contributed by atoms with Gasteiger partial charge in [-0.05, 0) is 57.1 Å². The van der Waals surface area contributed by atoms with Crippen LogP contribution in [-0.4, -0.2) is 11.7 Å². The Morgan fingerprint density at radius 1 is 0.773 bits per heavy atom. The van der Waals surface area contributed by atoms with E-state index in [2.05, 4.69) is 89.9 Å². The van der Waals surface area contributed by atoms with Gasteiger partial charge in [-0.15, -0.1) is 0 Å². The van der Waals surface area contributed by atoms with Gasteiger partial charge in [0.1, 0.15) is 0 Å². The summed E-state index contributed by atoms with van der Waals surface area (Å²) in [5.41, 5.74) is 2.74. The molecule has 0 saturated heterocycles. The van der Waals surface area contributed by atoms with Crippen LogP contribution in [0.25, 0.3) is 27.6 Å². The number of rotatable bonds is 0. The summed E-state index contributed by atoms with van der Waals surface area (Å²) in [5, 5.41) is 5.32. The van der Waals surface area contributed by atoms with Crippen LogP contribution in [0.5, 0.6) is 0 Å². The molecule has 0 unspecified atom stereocenters. The molecule has 0 aliphatic carbocycles. The summed E-state index contributed by atoms with van der Waals surface area (Å²) in [6.07, 6.45) is 10.8. The van der Waals surface area contributed by atoms with E-state index >= 15 is 0 Å². The van der Waals surface area contributed by atoms with Crippen LogP contribution < -0.4 is 5.46 Å². The molecule has 3 aromatic carbocycles. The fourth-order valence-electron chi connectivity index (χ4n) is 3.66. The summed E-state index contributed by atoms with van der Waals surface area (Å²) in [4.78, 5) is 2.26. The molecule has 0 amide bonds. The molecular formula is C20H14BN. The van der Waals surface area contributed by atoms with E-state index in [-0.39, 0.29) is 0 Å². The first-order chi connectivity index (χ1) is 10.9. The first kappa shape index (κ1) is 11.9. The maximum Gasteiger partial charge on any atom is 0.320 e. The van der Waals surface area contributed by atoms with E-state index in [1.165, 1.54) is 32.6 Å². The standard InChI is InChI=1S/C20H14BN/c1-2-6-17-15(5-1)7-8-16-9-10-19-18(20(16)17)11-14-22-13-4-3-12-21(19)22/h1-14H. The lowest BCUT2D eigenvalue weighted by atomic mass is 9.51.